The first-order valence-electron chi connectivity index (χ1n) is 21.1. The van der Waals surface area contributed by atoms with Crippen molar-refractivity contribution in [2.24, 2.45) is 11.8 Å². The number of benzene rings is 1. The van der Waals surface area contributed by atoms with E-state index < -0.39 is 103 Å². The van der Waals surface area contributed by atoms with E-state index >= 15 is 4.39 Å². The Labute approximate surface area is 357 Å². The van der Waals surface area contributed by atoms with Gasteiger partial charge in [-0.2, -0.15) is 0 Å². The number of hydrogen-bond acceptors (Lipinski definition) is 16. The van der Waals surface area contributed by atoms with Crippen molar-refractivity contribution in [2.75, 3.05) is 59.4 Å². The molecule has 0 bridgehead atoms. The summed E-state index contributed by atoms with van der Waals surface area (Å²) in [5.74, 6) is -3.06. The lowest BCUT2D eigenvalue weighted by atomic mass is 9.82. The number of aldehydes is 1. The number of β-amino-alcohol motifs (C(OH)–C–C–N with tert-alkyl or cyclic N) is 1. The van der Waals surface area contributed by atoms with Crippen LogP contribution >= 0.6 is 0 Å². The van der Waals surface area contributed by atoms with Gasteiger partial charge in [0.15, 0.2) is 6.29 Å². The smallest absolute Gasteiger partial charge is 0.414 e. The lowest BCUT2D eigenvalue weighted by Crippen LogP contribution is -2.63. The first-order chi connectivity index (χ1) is 29.0. The highest BCUT2D eigenvalue weighted by Gasteiger charge is 2.49. The van der Waals surface area contributed by atoms with Crippen LogP contribution in [0.2, 0.25) is 0 Å². The van der Waals surface area contributed by atoms with Gasteiger partial charge >= 0.3 is 18.0 Å². The Morgan fingerprint density at radius 1 is 1.05 bits per heavy atom. The van der Waals surface area contributed by atoms with Gasteiger partial charge < -0.3 is 63.4 Å². The summed E-state index contributed by atoms with van der Waals surface area (Å²) in [5.41, 5.74) is 0.493. The zero-order valence-electron chi connectivity index (χ0n) is 36.3. The Balaban J connectivity index is 1.65. The third kappa shape index (κ3) is 13.7. The molecule has 18 heteroatoms. The molecule has 0 aliphatic carbocycles. The molecular formula is C43H66FN3O14. The number of likely N-dealkylation sites (N-methyl/N-ethyl adjacent to an activating group) is 2. The number of cyclic esters (lactones) is 2. The number of methoxy groups -OCH3 is 1. The second-order valence-electron chi connectivity index (χ2n) is 16.6. The third-order valence-electron chi connectivity index (χ3n) is 11.7. The lowest BCUT2D eigenvalue weighted by Gasteiger charge is -2.47. The van der Waals surface area contributed by atoms with E-state index in [9.17, 15) is 39.6 Å². The van der Waals surface area contributed by atoms with Crippen molar-refractivity contribution in [3.63, 3.8) is 0 Å². The summed E-state index contributed by atoms with van der Waals surface area (Å²) >= 11 is 0. The van der Waals surface area contributed by atoms with E-state index in [1.54, 1.807) is 51.1 Å². The summed E-state index contributed by atoms with van der Waals surface area (Å²) in [6.45, 7) is 5.62. The summed E-state index contributed by atoms with van der Waals surface area (Å²) in [6, 6.07) is 3.46. The van der Waals surface area contributed by atoms with E-state index in [1.165, 1.54) is 24.1 Å². The van der Waals surface area contributed by atoms with E-state index in [4.69, 9.17) is 28.4 Å². The molecule has 3 fully saturated rings. The van der Waals surface area contributed by atoms with Gasteiger partial charge in [-0.15, -0.1) is 0 Å². The average Bonchev–Trinajstić information content (AvgIpc) is 3.59. The minimum Gasteiger partial charge on any atom is -0.462 e. The van der Waals surface area contributed by atoms with E-state index in [0.717, 1.165) is 0 Å². The second-order valence-corrected chi connectivity index (χ2v) is 16.6. The summed E-state index contributed by atoms with van der Waals surface area (Å²) in [4.78, 5) is 56.2. The van der Waals surface area contributed by atoms with Gasteiger partial charge in [-0.05, 0) is 83.9 Å². The molecule has 1 aromatic rings. The molecule has 0 spiro atoms. The second kappa shape index (κ2) is 23.7. The normalized spacial score (nSPS) is 34.0. The Kier molecular flexibility index (Phi) is 19.5. The van der Waals surface area contributed by atoms with Gasteiger partial charge in [0.1, 0.15) is 42.6 Å². The molecule has 344 valence electrons. The summed E-state index contributed by atoms with van der Waals surface area (Å²) < 4.78 is 50.8. The molecule has 0 radical (unpaired) electrons. The first-order valence-corrected chi connectivity index (χ1v) is 21.1. The van der Waals surface area contributed by atoms with E-state index in [2.05, 4.69) is 0 Å². The lowest BCUT2D eigenvalue weighted by molar-refractivity contribution is -0.310. The highest BCUT2D eigenvalue weighted by atomic mass is 19.1. The zero-order chi connectivity index (χ0) is 45.0. The number of rotatable bonds is 13. The van der Waals surface area contributed by atoms with E-state index in [0.29, 0.717) is 25.7 Å². The topological polar surface area (TPSA) is 214 Å². The number of amides is 1. The highest BCUT2D eigenvalue weighted by Crippen LogP contribution is 2.34. The van der Waals surface area contributed by atoms with Crippen LogP contribution in [0.1, 0.15) is 71.3 Å². The van der Waals surface area contributed by atoms with Crippen molar-refractivity contribution >= 4 is 36.1 Å². The number of esters is 2. The fraction of sp³-hybridized carbons (Fsp3) is 0.721. The predicted molar refractivity (Wildman–Crippen MR) is 220 cm³/mol. The number of ether oxygens (including phenoxy) is 6. The quantitative estimate of drug-likeness (QED) is 0.127. The average molecular weight is 868 g/mol. The molecule has 0 aromatic heterocycles. The number of carbonyl (C=O) groups excluding carboxylic acids is 4. The van der Waals surface area contributed by atoms with Crippen molar-refractivity contribution in [1.82, 2.24) is 9.80 Å². The minimum absolute atomic E-state index is 0.0390. The fourth-order valence-electron chi connectivity index (χ4n) is 8.24. The molecule has 3 unspecified atom stereocenters. The van der Waals surface area contributed by atoms with Crippen LogP contribution in [0.5, 0.6) is 0 Å². The van der Waals surface area contributed by atoms with Crippen molar-refractivity contribution in [3.8, 4) is 0 Å². The standard InChI is InChI=1S/C43H66FN3O14/c1-8-35(51)60-34-21-36(52)58-30(12-9-11-27-14-15-29(20-32(27)44)47-22-31(24-49)59-43(47)55)13-10-17-46(6)23-33(50)25(2)19-28(16-18-48)40(41(34)56-7)61-42-39(54)37(45(4)5)38(53)26(3)57-42/h9,11,14-15,18,20,25-26,28,30-31,33-34,37-42,49-50,53-54H,8,10,12-13,16-17,19,21-24H2,1-7H3/b11-9+/t25-,26?,28+,30+,31-,33+,34-,37?,38-,39?,40+,41+,42+/m1/s1. The Hall–Kier alpha value is -3.59. The minimum atomic E-state index is -1.38. The van der Waals surface area contributed by atoms with Crippen molar-refractivity contribution in [3.05, 3.63) is 35.7 Å². The van der Waals surface area contributed by atoms with Crippen molar-refractivity contribution in [1.29, 1.82) is 0 Å². The molecule has 61 heavy (non-hydrogen) atoms. The molecule has 0 saturated carbocycles. The monoisotopic (exact) mass is 867 g/mol. The molecule has 17 nitrogen and oxygen atoms in total. The number of aliphatic hydroxyl groups excluding tert-OH is 4. The molecule has 3 saturated heterocycles. The Bertz CT molecular complexity index is 1620. The highest BCUT2D eigenvalue weighted by molar-refractivity contribution is 5.89. The number of halogens is 1. The number of nitrogens with zero attached hydrogens (tertiary/aromatic N) is 3. The van der Waals surface area contributed by atoms with Crippen LogP contribution in [0.4, 0.5) is 14.9 Å². The summed E-state index contributed by atoms with van der Waals surface area (Å²) in [7, 11) is 6.60. The molecule has 3 heterocycles. The van der Waals surface area contributed by atoms with Crippen LogP contribution < -0.4 is 4.90 Å². The van der Waals surface area contributed by atoms with E-state index in [-0.39, 0.29) is 62.5 Å². The zero-order valence-corrected chi connectivity index (χ0v) is 36.3. The summed E-state index contributed by atoms with van der Waals surface area (Å²) in [6.07, 6.45) is -6.48. The molecule has 3 aliphatic rings. The van der Waals surface area contributed by atoms with E-state index in [1.807, 2.05) is 18.9 Å². The number of anilines is 1. The van der Waals surface area contributed by atoms with Crippen LogP contribution in [0.25, 0.3) is 6.08 Å². The fourth-order valence-corrected chi connectivity index (χ4v) is 8.24. The van der Waals surface area contributed by atoms with Gasteiger partial charge in [0.2, 0.25) is 0 Å². The van der Waals surface area contributed by atoms with Crippen LogP contribution in [0, 0.1) is 17.7 Å². The van der Waals surface area contributed by atoms with Gasteiger partial charge in [0.05, 0.1) is 55.7 Å². The third-order valence-corrected chi connectivity index (χ3v) is 11.7. The molecule has 1 amide bonds. The van der Waals surface area contributed by atoms with Crippen LogP contribution in [0.3, 0.4) is 0 Å². The van der Waals surface area contributed by atoms with Crippen molar-refractivity contribution in [2.45, 2.75) is 133 Å². The van der Waals surface area contributed by atoms with Gasteiger partial charge in [-0.1, -0.05) is 26.0 Å². The van der Waals surface area contributed by atoms with Crippen LogP contribution in [-0.4, -0.2) is 176 Å². The number of hydrogen-bond donors (Lipinski definition) is 4. The maximum Gasteiger partial charge on any atom is 0.414 e. The molecule has 4 N–H and O–H groups in total. The largest absolute Gasteiger partial charge is 0.462 e. The van der Waals surface area contributed by atoms with Gasteiger partial charge in [0, 0.05) is 38.5 Å². The molecule has 4 rings (SSSR count). The maximum absolute atomic E-state index is 15.3. The first kappa shape index (κ1) is 50.1. The number of carbonyl (C=O) groups is 4. The Morgan fingerprint density at radius 3 is 2.41 bits per heavy atom. The van der Waals surface area contributed by atoms with Crippen LogP contribution in [-0.2, 0) is 42.8 Å². The Morgan fingerprint density at radius 2 is 1.79 bits per heavy atom. The SMILES string of the molecule is CCC(=O)O[C@@H]1CC(=O)O[C@@H](C/C=C/c2ccc(N3C[C@H](CO)OC3=O)cc2F)CCCN(C)C[C@H](O)[C@H](C)C[C@H](CC=O)[C@H](O[C@@H]2OC(C)[C@@H](O)C(N(C)C)C2O)[C@H]1OC. The van der Waals surface area contributed by atoms with Gasteiger partial charge in [0.25, 0.3) is 0 Å². The maximum atomic E-state index is 15.3. The summed E-state index contributed by atoms with van der Waals surface area (Å²) in [5, 5.41) is 43.2. The van der Waals surface area contributed by atoms with Gasteiger partial charge in [-0.3, -0.25) is 14.5 Å². The van der Waals surface area contributed by atoms with Crippen molar-refractivity contribution < 1.29 is 72.4 Å². The molecule has 13 atom stereocenters. The predicted octanol–water partition coefficient (Wildman–Crippen LogP) is 2.29. The van der Waals surface area contributed by atoms with Crippen LogP contribution in [0.15, 0.2) is 24.3 Å². The molecular weight excluding hydrogens is 801 g/mol. The number of aliphatic hydroxyl groups is 4. The molecule has 3 aliphatic heterocycles. The van der Waals surface area contributed by atoms with Gasteiger partial charge in [-0.25, -0.2) is 9.18 Å². The molecule has 1 aromatic carbocycles.